The van der Waals surface area contributed by atoms with Crippen molar-refractivity contribution < 1.29 is 0 Å². The van der Waals surface area contributed by atoms with Crippen molar-refractivity contribution in [3.63, 3.8) is 0 Å². The van der Waals surface area contributed by atoms with Crippen LogP contribution in [0.3, 0.4) is 0 Å². The molecule has 0 fully saturated rings. The minimum Gasteiger partial charge on any atom is -0.293 e. The molecule has 0 saturated carbocycles. The molecule has 0 N–H and O–H groups in total. The summed E-state index contributed by atoms with van der Waals surface area (Å²) in [7, 11) is 0. The van der Waals surface area contributed by atoms with Gasteiger partial charge in [0.15, 0.2) is 0 Å². The molecule has 3 heteroatoms. The van der Waals surface area contributed by atoms with Crippen molar-refractivity contribution in [2.24, 2.45) is 0 Å². The molecule has 0 bridgehead atoms. The van der Waals surface area contributed by atoms with Gasteiger partial charge in [-0.1, -0.05) is 151 Å². The van der Waals surface area contributed by atoms with E-state index >= 15 is 0 Å². The molecule has 1 aliphatic heterocycles. The Morgan fingerprint density at radius 2 is 0.833 bits per heavy atom. The molecule has 1 aromatic heterocycles. The lowest BCUT2D eigenvalue weighted by Crippen LogP contribution is -2.16. The third-order valence-corrected chi connectivity index (χ3v) is 9.60. The molecule has 0 spiro atoms. The average Bonchev–Trinajstić information content (AvgIpc) is 3.16. The molecule has 6 aromatic carbocycles. The Balaban J connectivity index is 1.24. The first kappa shape index (κ1) is 29.5. The van der Waals surface area contributed by atoms with Gasteiger partial charge in [-0.15, -0.1) is 0 Å². The van der Waals surface area contributed by atoms with E-state index in [1.165, 1.54) is 43.2 Å². The van der Waals surface area contributed by atoms with Crippen molar-refractivity contribution in [2.75, 3.05) is 4.90 Å². The number of nitrogens with zero attached hydrogens (tertiary/aromatic N) is 2. The van der Waals surface area contributed by atoms with Gasteiger partial charge < -0.3 is 0 Å². The summed E-state index contributed by atoms with van der Waals surface area (Å²) in [6.07, 6.45) is 6.47. The SMILES string of the molecule is C(=C(c1ccccc1)c1ccccc1)c1ccc2c(c1)Sc1cc(C=C(c3ccccc3)c3ccccc3)ccc1N2c1ccccn1. The molecule has 2 nitrogen and oxygen atoms in total. The van der Waals surface area contributed by atoms with E-state index < -0.39 is 0 Å². The number of benzene rings is 6. The largest absolute Gasteiger partial charge is 0.293 e. The fraction of sp³-hybridized carbons (Fsp3) is 0. The highest BCUT2D eigenvalue weighted by molar-refractivity contribution is 7.99. The Bertz CT molecular complexity index is 2000. The number of hydrogen-bond acceptors (Lipinski definition) is 3. The van der Waals surface area contributed by atoms with E-state index in [0.29, 0.717) is 0 Å². The minimum absolute atomic E-state index is 0.899. The van der Waals surface area contributed by atoms with E-state index in [9.17, 15) is 0 Å². The average molecular weight is 633 g/mol. The van der Waals surface area contributed by atoms with Crippen LogP contribution in [0, 0.1) is 0 Å². The predicted molar refractivity (Wildman–Crippen MR) is 203 cm³/mol. The van der Waals surface area contributed by atoms with Crippen molar-refractivity contribution >= 4 is 52.3 Å². The van der Waals surface area contributed by atoms with Gasteiger partial charge in [0.05, 0.1) is 11.4 Å². The predicted octanol–water partition coefficient (Wildman–Crippen LogP) is 12.2. The zero-order chi connectivity index (χ0) is 32.1. The van der Waals surface area contributed by atoms with Crippen LogP contribution >= 0.6 is 11.8 Å². The summed E-state index contributed by atoms with van der Waals surface area (Å²) in [4.78, 5) is 9.46. The summed E-state index contributed by atoms with van der Waals surface area (Å²) in [6, 6.07) is 62.1. The molecular formula is C45H32N2S. The quantitative estimate of drug-likeness (QED) is 0.163. The Labute approximate surface area is 286 Å². The van der Waals surface area contributed by atoms with Gasteiger partial charge in [-0.05, 0) is 93.1 Å². The second-order valence-corrected chi connectivity index (χ2v) is 12.7. The molecule has 7 aromatic rings. The highest BCUT2D eigenvalue weighted by atomic mass is 32.2. The number of anilines is 3. The van der Waals surface area contributed by atoms with Crippen LogP contribution in [-0.2, 0) is 0 Å². The molecular weight excluding hydrogens is 601 g/mol. The first-order valence-electron chi connectivity index (χ1n) is 16.1. The van der Waals surface area contributed by atoms with Crippen LogP contribution in [0.1, 0.15) is 33.4 Å². The molecule has 0 aliphatic carbocycles. The first-order valence-corrected chi connectivity index (χ1v) is 16.9. The van der Waals surface area contributed by atoms with Crippen LogP contribution in [0.4, 0.5) is 17.2 Å². The topological polar surface area (TPSA) is 16.1 Å². The number of rotatable bonds is 7. The number of hydrogen-bond donors (Lipinski definition) is 0. The van der Waals surface area contributed by atoms with Crippen LogP contribution in [0.25, 0.3) is 23.3 Å². The van der Waals surface area contributed by atoms with Crippen molar-refractivity contribution in [1.29, 1.82) is 0 Å². The molecule has 8 rings (SSSR count). The van der Waals surface area contributed by atoms with Crippen molar-refractivity contribution in [1.82, 2.24) is 4.98 Å². The van der Waals surface area contributed by atoms with Gasteiger partial charge in [0.25, 0.3) is 0 Å². The smallest absolute Gasteiger partial charge is 0.137 e. The monoisotopic (exact) mass is 632 g/mol. The Morgan fingerprint density at radius 1 is 0.438 bits per heavy atom. The Hall–Kier alpha value is -5.90. The van der Waals surface area contributed by atoms with Crippen LogP contribution in [0.5, 0.6) is 0 Å². The van der Waals surface area contributed by atoms with Crippen LogP contribution < -0.4 is 4.90 Å². The van der Waals surface area contributed by atoms with Gasteiger partial charge in [0.2, 0.25) is 0 Å². The summed E-state index contributed by atoms with van der Waals surface area (Å²) < 4.78 is 0. The van der Waals surface area contributed by atoms with E-state index in [0.717, 1.165) is 28.3 Å². The Kier molecular flexibility index (Phi) is 8.27. The zero-order valence-electron chi connectivity index (χ0n) is 26.3. The molecule has 48 heavy (non-hydrogen) atoms. The lowest BCUT2D eigenvalue weighted by Gasteiger charge is -2.32. The van der Waals surface area contributed by atoms with Gasteiger partial charge in [-0.3, -0.25) is 4.90 Å². The fourth-order valence-corrected chi connectivity index (χ4v) is 7.38. The third-order valence-electron chi connectivity index (χ3n) is 8.51. The zero-order valence-corrected chi connectivity index (χ0v) is 27.1. The van der Waals surface area contributed by atoms with Crippen LogP contribution in [-0.4, -0.2) is 4.98 Å². The number of aromatic nitrogens is 1. The highest BCUT2D eigenvalue weighted by Gasteiger charge is 2.26. The molecule has 228 valence electrons. The van der Waals surface area contributed by atoms with Gasteiger partial charge in [-0.2, -0.15) is 0 Å². The van der Waals surface area contributed by atoms with Crippen LogP contribution in [0.15, 0.2) is 192 Å². The van der Waals surface area contributed by atoms with Gasteiger partial charge >= 0.3 is 0 Å². The second-order valence-electron chi connectivity index (χ2n) is 11.7. The fourth-order valence-electron chi connectivity index (χ4n) is 6.23. The number of pyridine rings is 1. The molecule has 2 heterocycles. The lowest BCUT2D eigenvalue weighted by atomic mass is 9.95. The molecule has 0 unspecified atom stereocenters. The van der Waals surface area contributed by atoms with Gasteiger partial charge in [0.1, 0.15) is 5.82 Å². The third kappa shape index (κ3) is 6.12. The molecule has 0 atom stereocenters. The van der Waals surface area contributed by atoms with Crippen molar-refractivity contribution in [2.45, 2.75) is 9.79 Å². The van der Waals surface area contributed by atoms with Crippen molar-refractivity contribution in [3.8, 4) is 0 Å². The number of fused-ring (bicyclic) bond motifs is 2. The molecule has 1 aliphatic rings. The standard InChI is InChI=1S/C45H32N2S/c1-5-15-35(16-6-1)39(36-17-7-2-8-18-36)29-33-24-26-41-43(31-33)48-44-32-34(25-27-42(44)47(41)45-23-13-14-28-46-45)30-40(37-19-9-3-10-20-37)38-21-11-4-12-22-38/h1-32H. The van der Waals surface area contributed by atoms with Crippen molar-refractivity contribution in [3.05, 3.63) is 216 Å². The summed E-state index contributed by atoms with van der Waals surface area (Å²) in [6.45, 7) is 0. The summed E-state index contributed by atoms with van der Waals surface area (Å²) in [5.41, 5.74) is 11.7. The van der Waals surface area contributed by atoms with Gasteiger partial charge in [0, 0.05) is 16.0 Å². The normalized spacial score (nSPS) is 11.6. The molecule has 0 amide bonds. The lowest BCUT2D eigenvalue weighted by molar-refractivity contribution is 1.11. The maximum Gasteiger partial charge on any atom is 0.137 e. The maximum atomic E-state index is 4.79. The highest BCUT2D eigenvalue weighted by Crippen LogP contribution is 2.52. The Morgan fingerprint density at radius 3 is 1.21 bits per heavy atom. The van der Waals surface area contributed by atoms with E-state index in [-0.39, 0.29) is 0 Å². The summed E-state index contributed by atoms with van der Waals surface area (Å²) >= 11 is 1.82. The maximum absolute atomic E-state index is 4.79. The molecule has 0 saturated heterocycles. The minimum atomic E-state index is 0.899. The summed E-state index contributed by atoms with van der Waals surface area (Å²) in [5, 5.41) is 0. The van der Waals surface area contributed by atoms with Gasteiger partial charge in [-0.25, -0.2) is 4.98 Å². The van der Waals surface area contributed by atoms with E-state index in [2.05, 4.69) is 187 Å². The van der Waals surface area contributed by atoms with E-state index in [1.807, 2.05) is 24.0 Å². The van der Waals surface area contributed by atoms with E-state index in [4.69, 9.17) is 4.98 Å². The first-order chi connectivity index (χ1) is 23.8. The second kappa shape index (κ2) is 13.4. The molecule has 0 radical (unpaired) electrons. The van der Waals surface area contributed by atoms with Crippen LogP contribution in [0.2, 0.25) is 0 Å². The summed E-state index contributed by atoms with van der Waals surface area (Å²) in [5.74, 6) is 0.899. The van der Waals surface area contributed by atoms with E-state index in [1.54, 1.807) is 0 Å².